The van der Waals surface area contributed by atoms with Crippen LogP contribution < -0.4 is 0 Å². The molecule has 4 nitrogen and oxygen atoms in total. The van der Waals surface area contributed by atoms with E-state index in [1.54, 1.807) is 0 Å². The van der Waals surface area contributed by atoms with E-state index in [1.165, 1.54) is 51.9 Å². The van der Waals surface area contributed by atoms with Gasteiger partial charge in [0.05, 0.1) is 6.42 Å². The quantitative estimate of drug-likeness (QED) is 0.167. The number of hydrogen-bond donors (Lipinski definition) is 0. The molecule has 0 bridgehead atoms. The molecule has 0 amide bonds. The zero-order chi connectivity index (χ0) is 29.9. The second-order valence-corrected chi connectivity index (χ2v) is 13.5. The molecule has 6 unspecified atom stereocenters. The van der Waals surface area contributed by atoms with Crippen LogP contribution in [0, 0.1) is 42.4 Å². The summed E-state index contributed by atoms with van der Waals surface area (Å²) in [6.07, 6.45) is 16.7. The first kappa shape index (κ1) is 33.4. The van der Waals surface area contributed by atoms with Crippen molar-refractivity contribution in [1.29, 1.82) is 0 Å². The average molecular weight is 565 g/mol. The summed E-state index contributed by atoms with van der Waals surface area (Å²) in [4.78, 5) is 48.0. The zero-order valence-electron chi connectivity index (χ0n) is 26.6. The van der Waals surface area contributed by atoms with Gasteiger partial charge in [-0.3, -0.25) is 19.2 Å². The molecule has 1 aromatic carbocycles. The Balaban J connectivity index is 0.000000260. The number of benzene rings is 1. The smallest absolute Gasteiger partial charge is 0.163 e. The van der Waals surface area contributed by atoms with Gasteiger partial charge in [-0.15, -0.1) is 0 Å². The molecule has 2 saturated carbocycles. The molecule has 3 aliphatic rings. The molecule has 228 valence electrons. The van der Waals surface area contributed by atoms with Gasteiger partial charge in [-0.1, -0.05) is 83.9 Å². The van der Waals surface area contributed by atoms with Crippen molar-refractivity contribution in [3.05, 3.63) is 34.9 Å². The fourth-order valence-electron chi connectivity index (χ4n) is 8.35. The molecule has 1 aromatic rings. The number of fused-ring (bicyclic) bond motifs is 2. The molecule has 6 atom stereocenters. The van der Waals surface area contributed by atoms with Crippen LogP contribution >= 0.6 is 0 Å². The first-order chi connectivity index (χ1) is 19.7. The van der Waals surface area contributed by atoms with Gasteiger partial charge in [0, 0.05) is 30.7 Å². The predicted molar refractivity (Wildman–Crippen MR) is 167 cm³/mol. The lowest BCUT2D eigenvalue weighted by molar-refractivity contribution is -0.130. The fraction of sp³-hybridized carbons (Fsp3) is 0.730. The molecule has 0 saturated heterocycles. The van der Waals surface area contributed by atoms with Gasteiger partial charge in [-0.25, -0.2) is 0 Å². The fourth-order valence-corrected chi connectivity index (χ4v) is 8.35. The van der Waals surface area contributed by atoms with Gasteiger partial charge in [0.2, 0.25) is 0 Å². The molecule has 0 N–H and O–H groups in total. The number of ketones is 4. The van der Waals surface area contributed by atoms with E-state index in [1.807, 2.05) is 26.0 Å². The monoisotopic (exact) mass is 564 g/mol. The highest BCUT2D eigenvalue weighted by Crippen LogP contribution is 2.48. The number of hydrogen-bond acceptors (Lipinski definition) is 4. The van der Waals surface area contributed by atoms with E-state index in [9.17, 15) is 19.2 Å². The van der Waals surface area contributed by atoms with Gasteiger partial charge in [0.15, 0.2) is 5.78 Å². The molecule has 4 rings (SSSR count). The van der Waals surface area contributed by atoms with Gasteiger partial charge >= 0.3 is 0 Å². The Morgan fingerprint density at radius 1 is 0.927 bits per heavy atom. The van der Waals surface area contributed by atoms with E-state index in [-0.39, 0.29) is 35.6 Å². The highest BCUT2D eigenvalue weighted by Gasteiger charge is 2.42. The maximum atomic E-state index is 12.7. The summed E-state index contributed by atoms with van der Waals surface area (Å²) >= 11 is 0. The highest BCUT2D eigenvalue weighted by atomic mass is 16.1. The Bertz CT molecular complexity index is 1040. The maximum absolute atomic E-state index is 12.7. The van der Waals surface area contributed by atoms with Crippen LogP contribution in [-0.2, 0) is 20.8 Å². The number of carbonyl (C=O) groups excluding carboxylic acids is 4. The van der Waals surface area contributed by atoms with Crippen molar-refractivity contribution in [3.63, 3.8) is 0 Å². The van der Waals surface area contributed by atoms with Crippen LogP contribution in [0.3, 0.4) is 0 Å². The Labute approximate surface area is 249 Å². The summed E-state index contributed by atoms with van der Waals surface area (Å²) in [6.45, 7) is 9.93. The Hall–Kier alpha value is -2.10. The molecule has 2 fully saturated rings. The van der Waals surface area contributed by atoms with Crippen LogP contribution in [0.15, 0.2) is 18.2 Å². The van der Waals surface area contributed by atoms with Crippen LogP contribution in [0.25, 0.3) is 0 Å². The van der Waals surface area contributed by atoms with Crippen LogP contribution in [-0.4, -0.2) is 23.1 Å². The van der Waals surface area contributed by atoms with Crippen molar-refractivity contribution in [2.75, 3.05) is 0 Å². The second-order valence-electron chi connectivity index (χ2n) is 13.5. The number of Topliss-reactive ketones (excluding diaryl/α,β-unsaturated/α-hetero) is 4. The van der Waals surface area contributed by atoms with Crippen molar-refractivity contribution in [3.8, 4) is 0 Å². The lowest BCUT2D eigenvalue weighted by Gasteiger charge is -2.31. The molecule has 0 heterocycles. The Morgan fingerprint density at radius 2 is 1.71 bits per heavy atom. The lowest BCUT2D eigenvalue weighted by Crippen LogP contribution is -2.29. The highest BCUT2D eigenvalue weighted by molar-refractivity contribution is 6.00. The molecule has 41 heavy (non-hydrogen) atoms. The van der Waals surface area contributed by atoms with Crippen molar-refractivity contribution in [1.82, 2.24) is 0 Å². The molecule has 3 aliphatic carbocycles. The van der Waals surface area contributed by atoms with Crippen molar-refractivity contribution < 1.29 is 19.2 Å². The molecular weight excluding hydrogens is 508 g/mol. The van der Waals surface area contributed by atoms with Crippen LogP contribution in [0.5, 0.6) is 0 Å². The molecule has 4 heteroatoms. The third-order valence-electron chi connectivity index (χ3n) is 10.3. The second kappa shape index (κ2) is 16.5. The van der Waals surface area contributed by atoms with Crippen molar-refractivity contribution in [2.45, 2.75) is 137 Å². The SMILES string of the molecule is CCCC(CC1CC(=O)c2c(C)cccc2C1)C(CC)C(=O)CC(C)=O.CCCCCCC1CCC2CC(=O)CC12. The van der Waals surface area contributed by atoms with E-state index in [0.717, 1.165) is 79.4 Å². The summed E-state index contributed by atoms with van der Waals surface area (Å²) in [7, 11) is 0. The summed E-state index contributed by atoms with van der Waals surface area (Å²) < 4.78 is 0. The van der Waals surface area contributed by atoms with Gasteiger partial charge in [-0.05, 0) is 86.7 Å². The van der Waals surface area contributed by atoms with Crippen molar-refractivity contribution >= 4 is 23.1 Å². The molecule has 0 spiro atoms. The largest absolute Gasteiger partial charge is 0.300 e. The summed E-state index contributed by atoms with van der Waals surface area (Å²) in [6, 6.07) is 6.10. The number of rotatable bonds is 14. The Kier molecular flexibility index (Phi) is 13.5. The number of unbranched alkanes of at least 4 members (excludes halogenated alkanes) is 3. The molecule has 0 aromatic heterocycles. The van der Waals surface area contributed by atoms with E-state index < -0.39 is 0 Å². The van der Waals surface area contributed by atoms with Gasteiger partial charge in [0.25, 0.3) is 0 Å². The molecule has 0 aliphatic heterocycles. The standard InChI is InChI=1S/C23H32O3.C14H24O/c1-5-8-18(20(6-2)21(25)11-16(4)24)12-17-13-19-10-7-9-15(3)23(19)22(26)14-17;1-2-3-4-5-6-11-7-8-12-9-13(15)10-14(11)12/h7,9-10,17-18,20H,5-6,8,11-14H2,1-4H3;11-12,14H,2-10H2,1H3. The van der Waals surface area contributed by atoms with E-state index >= 15 is 0 Å². The van der Waals surface area contributed by atoms with E-state index in [4.69, 9.17) is 0 Å². The summed E-state index contributed by atoms with van der Waals surface area (Å²) in [5, 5.41) is 0. The van der Waals surface area contributed by atoms with Gasteiger partial charge < -0.3 is 0 Å². The molecule has 0 radical (unpaired) electrons. The minimum atomic E-state index is -0.0622. The average Bonchev–Trinajstić information content (AvgIpc) is 3.46. The summed E-state index contributed by atoms with van der Waals surface area (Å²) in [5.74, 6) is 3.79. The van der Waals surface area contributed by atoms with Crippen LogP contribution in [0.1, 0.15) is 145 Å². The lowest BCUT2D eigenvalue weighted by atomic mass is 9.72. The van der Waals surface area contributed by atoms with Gasteiger partial charge in [-0.2, -0.15) is 0 Å². The summed E-state index contributed by atoms with van der Waals surface area (Å²) in [5.41, 5.74) is 3.14. The third kappa shape index (κ3) is 9.45. The minimum Gasteiger partial charge on any atom is -0.300 e. The normalized spacial score (nSPS) is 24.7. The minimum absolute atomic E-state index is 0.0460. The number of carbonyl (C=O) groups is 4. The zero-order valence-corrected chi connectivity index (χ0v) is 26.6. The third-order valence-corrected chi connectivity index (χ3v) is 10.3. The first-order valence-corrected chi connectivity index (χ1v) is 16.8. The first-order valence-electron chi connectivity index (χ1n) is 16.8. The Morgan fingerprint density at radius 3 is 2.39 bits per heavy atom. The van der Waals surface area contributed by atoms with E-state index in [2.05, 4.69) is 19.9 Å². The van der Waals surface area contributed by atoms with E-state index in [0.29, 0.717) is 18.1 Å². The number of aryl methyl sites for hydroxylation is 1. The molecular formula is C37H56O4. The maximum Gasteiger partial charge on any atom is 0.163 e. The van der Waals surface area contributed by atoms with Gasteiger partial charge in [0.1, 0.15) is 17.3 Å². The topological polar surface area (TPSA) is 68.3 Å². The van der Waals surface area contributed by atoms with Crippen LogP contribution in [0.4, 0.5) is 0 Å². The predicted octanol–water partition coefficient (Wildman–Crippen LogP) is 9.08. The van der Waals surface area contributed by atoms with Crippen LogP contribution in [0.2, 0.25) is 0 Å². The van der Waals surface area contributed by atoms with Crippen molar-refractivity contribution in [2.24, 2.45) is 35.5 Å².